The summed E-state index contributed by atoms with van der Waals surface area (Å²) in [4.78, 5) is 17.7. The second-order valence-electron chi connectivity index (χ2n) is 9.57. The molecule has 0 radical (unpaired) electrons. The lowest BCUT2D eigenvalue weighted by Crippen LogP contribution is -2.36. The summed E-state index contributed by atoms with van der Waals surface area (Å²) in [6.07, 6.45) is 5.73. The van der Waals surface area contributed by atoms with Crippen molar-refractivity contribution in [3.8, 4) is 0 Å². The molecule has 180 valence electrons. The highest BCUT2D eigenvalue weighted by Gasteiger charge is 2.42. The third kappa shape index (κ3) is 2.93. The first-order valence-electron chi connectivity index (χ1n) is 12.0. The quantitative estimate of drug-likeness (QED) is 0.335. The normalized spacial score (nSPS) is 19.8. The van der Waals surface area contributed by atoms with Crippen LogP contribution >= 0.6 is 0 Å². The fourth-order valence-electron chi connectivity index (χ4n) is 5.97. The van der Waals surface area contributed by atoms with Crippen LogP contribution in [0.5, 0.6) is 0 Å². The minimum absolute atomic E-state index is 0.163. The number of hydrogen-bond acceptors (Lipinski definition) is 6. The summed E-state index contributed by atoms with van der Waals surface area (Å²) in [5.74, 6) is 1.63. The number of aromatic nitrogens is 2. The van der Waals surface area contributed by atoms with Crippen LogP contribution in [-0.4, -0.2) is 36.4 Å². The Morgan fingerprint density at radius 1 is 0.639 bits per heavy atom. The van der Waals surface area contributed by atoms with Gasteiger partial charge in [0, 0.05) is 50.7 Å². The van der Waals surface area contributed by atoms with Gasteiger partial charge in [-0.3, -0.25) is 0 Å². The predicted octanol–water partition coefficient (Wildman–Crippen LogP) is 5.38. The van der Waals surface area contributed by atoms with Gasteiger partial charge in [-0.2, -0.15) is 0 Å². The van der Waals surface area contributed by atoms with Gasteiger partial charge in [-0.1, -0.05) is 0 Å². The third-order valence-corrected chi connectivity index (χ3v) is 7.63. The highest BCUT2D eigenvalue weighted by Crippen LogP contribution is 2.49. The molecule has 0 fully saturated rings. The van der Waals surface area contributed by atoms with Gasteiger partial charge in [-0.15, -0.1) is 0 Å². The molecule has 8 heteroatoms. The summed E-state index contributed by atoms with van der Waals surface area (Å²) < 4.78 is 26.6. The van der Waals surface area contributed by atoms with E-state index in [0.717, 1.165) is 58.4 Å². The lowest BCUT2D eigenvalue weighted by atomic mass is 10.1. The molecular weight excluding hydrogens is 458 g/mol. The number of halogens is 2. The number of fused-ring (bicyclic) bond motifs is 10. The van der Waals surface area contributed by atoms with Crippen LogP contribution in [0.25, 0.3) is 0 Å². The molecule has 8 rings (SSSR count). The van der Waals surface area contributed by atoms with Gasteiger partial charge in [-0.05, 0) is 71.8 Å². The van der Waals surface area contributed by atoms with Crippen molar-refractivity contribution in [3.63, 3.8) is 0 Å². The topological polar surface area (TPSA) is 38.7 Å². The van der Waals surface area contributed by atoms with Gasteiger partial charge < -0.3 is 19.6 Å². The molecule has 2 aromatic carbocycles. The number of benzene rings is 2. The van der Waals surface area contributed by atoms with Crippen molar-refractivity contribution in [1.29, 1.82) is 0 Å². The summed E-state index contributed by atoms with van der Waals surface area (Å²) in [5.41, 5.74) is 6.54. The Morgan fingerprint density at radius 3 is 1.86 bits per heavy atom. The Labute approximate surface area is 208 Å². The zero-order chi connectivity index (χ0) is 24.6. The molecule has 36 heavy (non-hydrogen) atoms. The maximum atomic E-state index is 13.3. The van der Waals surface area contributed by atoms with E-state index in [0.29, 0.717) is 0 Å². The van der Waals surface area contributed by atoms with E-state index in [2.05, 4.69) is 48.7 Å². The molecule has 2 aromatic heterocycles. The van der Waals surface area contributed by atoms with Crippen molar-refractivity contribution >= 4 is 34.4 Å². The van der Waals surface area contributed by atoms with E-state index in [9.17, 15) is 8.78 Å². The summed E-state index contributed by atoms with van der Waals surface area (Å²) in [5, 5.41) is 0. The Balaban J connectivity index is 0.000000122. The Bertz CT molecular complexity index is 1390. The fraction of sp³-hybridized carbons (Fsp3) is 0.214. The molecular formula is C28H24F2N6. The molecule has 4 aromatic rings. The van der Waals surface area contributed by atoms with E-state index in [1.54, 1.807) is 18.3 Å². The highest BCUT2D eigenvalue weighted by atomic mass is 19.1. The van der Waals surface area contributed by atoms with Gasteiger partial charge >= 0.3 is 0 Å². The number of hydrogen-bond donors (Lipinski definition) is 0. The Morgan fingerprint density at radius 2 is 1.19 bits per heavy atom. The molecule has 0 spiro atoms. The van der Waals surface area contributed by atoms with Crippen LogP contribution < -0.4 is 19.6 Å². The Kier molecular flexibility index (Phi) is 4.49. The largest absolute Gasteiger partial charge is 0.351 e. The monoisotopic (exact) mass is 482 g/mol. The van der Waals surface area contributed by atoms with E-state index in [4.69, 9.17) is 0 Å². The van der Waals surface area contributed by atoms with Gasteiger partial charge in [-0.25, -0.2) is 18.7 Å². The molecule has 6 heterocycles. The van der Waals surface area contributed by atoms with Gasteiger partial charge in [0.1, 0.15) is 24.0 Å². The van der Waals surface area contributed by atoms with Crippen LogP contribution in [0.1, 0.15) is 11.1 Å². The van der Waals surface area contributed by atoms with Crippen molar-refractivity contribution in [2.75, 3.05) is 33.7 Å². The van der Waals surface area contributed by atoms with Crippen molar-refractivity contribution < 1.29 is 8.78 Å². The molecule has 2 atom stereocenters. The molecule has 4 aliphatic rings. The summed E-state index contributed by atoms with van der Waals surface area (Å²) >= 11 is 0. The van der Waals surface area contributed by atoms with Gasteiger partial charge in [0.25, 0.3) is 0 Å². The first-order valence-corrected chi connectivity index (χ1v) is 12.0. The molecule has 0 N–H and O–H groups in total. The lowest BCUT2D eigenvalue weighted by molar-refractivity contribution is 0.625. The number of rotatable bonds is 0. The molecule has 2 unspecified atom stereocenters. The predicted molar refractivity (Wildman–Crippen MR) is 137 cm³/mol. The Hall–Kier alpha value is -4.20. The summed E-state index contributed by atoms with van der Waals surface area (Å²) in [6, 6.07) is 18.0. The average molecular weight is 483 g/mol. The number of nitrogens with zero attached hydrogens (tertiary/aromatic N) is 6. The smallest absolute Gasteiger partial charge is 0.158 e. The maximum Gasteiger partial charge on any atom is 0.158 e. The standard InChI is InChI=1S/2C14H12FN3/c1-17-13-8-9-7-10(15)4-5-11(9)18(13)12-3-2-6-16-14(12)17;1-17-12-3-2-6-16-14(12)18-11-5-4-10(15)7-9(11)8-13(17)18/h2*2-7,13H,8H2,1H3. The molecule has 0 bridgehead atoms. The number of pyridine rings is 2. The van der Waals surface area contributed by atoms with E-state index >= 15 is 0 Å². The molecule has 0 amide bonds. The van der Waals surface area contributed by atoms with E-state index < -0.39 is 0 Å². The first kappa shape index (κ1) is 21.1. The van der Waals surface area contributed by atoms with E-state index in [-0.39, 0.29) is 24.0 Å². The van der Waals surface area contributed by atoms with Crippen molar-refractivity contribution in [2.24, 2.45) is 0 Å². The average Bonchev–Trinajstić information content (AvgIpc) is 3.59. The fourth-order valence-corrected chi connectivity index (χ4v) is 5.97. The second kappa shape index (κ2) is 7.65. The summed E-state index contributed by atoms with van der Waals surface area (Å²) in [7, 11) is 4.10. The minimum atomic E-state index is -0.168. The highest BCUT2D eigenvalue weighted by molar-refractivity contribution is 5.85. The third-order valence-electron chi connectivity index (χ3n) is 7.63. The first-order chi connectivity index (χ1) is 17.5. The number of anilines is 6. The second-order valence-corrected chi connectivity index (χ2v) is 9.57. The SMILES string of the molecule is CN1c2cccnc2N2c3ccc(F)cc3CC12.CN1c2ncccc2N2c3ccc(F)cc3CC12. The van der Waals surface area contributed by atoms with Crippen LogP contribution in [0.3, 0.4) is 0 Å². The zero-order valence-electron chi connectivity index (χ0n) is 19.9. The van der Waals surface area contributed by atoms with Gasteiger partial charge in [0.05, 0.1) is 11.4 Å². The van der Waals surface area contributed by atoms with Crippen LogP contribution in [0.2, 0.25) is 0 Å². The number of likely N-dealkylation sites (N-methyl/N-ethyl adjacent to an activating group) is 2. The summed E-state index contributed by atoms with van der Waals surface area (Å²) in [6.45, 7) is 0. The molecule has 0 aliphatic carbocycles. The zero-order valence-corrected chi connectivity index (χ0v) is 19.9. The van der Waals surface area contributed by atoms with Gasteiger partial charge in [0.15, 0.2) is 11.6 Å². The minimum Gasteiger partial charge on any atom is -0.351 e. The van der Waals surface area contributed by atoms with Crippen molar-refractivity contribution in [3.05, 3.63) is 95.8 Å². The van der Waals surface area contributed by atoms with Crippen LogP contribution in [0.15, 0.2) is 73.1 Å². The molecule has 6 nitrogen and oxygen atoms in total. The maximum absolute atomic E-state index is 13.3. The van der Waals surface area contributed by atoms with E-state index in [1.165, 1.54) is 12.1 Å². The van der Waals surface area contributed by atoms with Crippen LogP contribution in [-0.2, 0) is 12.8 Å². The molecule has 0 saturated carbocycles. The van der Waals surface area contributed by atoms with Gasteiger partial charge in [0.2, 0.25) is 0 Å². The lowest BCUT2D eigenvalue weighted by Gasteiger charge is -2.23. The van der Waals surface area contributed by atoms with Crippen LogP contribution in [0, 0.1) is 11.6 Å². The molecule has 0 saturated heterocycles. The van der Waals surface area contributed by atoms with Crippen molar-refractivity contribution in [2.45, 2.75) is 25.2 Å². The van der Waals surface area contributed by atoms with E-state index in [1.807, 2.05) is 37.5 Å². The molecule has 4 aliphatic heterocycles. The van der Waals surface area contributed by atoms with Crippen molar-refractivity contribution in [1.82, 2.24) is 9.97 Å². The van der Waals surface area contributed by atoms with Crippen LogP contribution in [0.4, 0.5) is 43.2 Å².